The molecule has 112 valence electrons. The highest BCUT2D eigenvalue weighted by Crippen LogP contribution is 2.27. The molecule has 1 N–H and O–H groups in total. The van der Waals surface area contributed by atoms with Crippen molar-refractivity contribution in [2.24, 2.45) is 0 Å². The standard InChI is InChI=1S/C14H16BN5OS/c1-10-6-12(13(20-19-10)14-17-3-5-22-14)18-8-11-7-15(9-16)2-4-21-11/h3,5-6,11H,2,4,7-8H2,1H3,(H,18,19). The van der Waals surface area contributed by atoms with Crippen molar-refractivity contribution >= 4 is 23.7 Å². The van der Waals surface area contributed by atoms with Crippen molar-refractivity contribution in [2.75, 3.05) is 18.5 Å². The number of rotatable bonds is 4. The van der Waals surface area contributed by atoms with Crippen LogP contribution in [0, 0.1) is 18.2 Å². The number of aryl methyl sites for hydroxylation is 1. The van der Waals surface area contributed by atoms with E-state index in [0.29, 0.717) is 13.2 Å². The van der Waals surface area contributed by atoms with Crippen molar-refractivity contribution in [3.05, 3.63) is 23.3 Å². The number of aromatic nitrogens is 3. The van der Waals surface area contributed by atoms with E-state index in [1.807, 2.05) is 18.4 Å². The number of ether oxygens (including phenoxy) is 1. The second kappa shape index (κ2) is 6.86. The van der Waals surface area contributed by atoms with Gasteiger partial charge in [-0.05, 0) is 25.6 Å². The number of hydrogen-bond acceptors (Lipinski definition) is 7. The number of nitrogens with one attached hydrogen (secondary N) is 1. The molecule has 0 aliphatic carbocycles. The third-order valence-corrected chi connectivity index (χ3v) is 4.40. The minimum Gasteiger partial charge on any atom is -0.381 e. The molecule has 0 amide bonds. The summed E-state index contributed by atoms with van der Waals surface area (Å²) in [6.07, 6.45) is 3.41. The summed E-state index contributed by atoms with van der Waals surface area (Å²) in [5.74, 6) is 2.34. The van der Waals surface area contributed by atoms with Gasteiger partial charge in [-0.1, -0.05) is 0 Å². The molecule has 0 saturated carbocycles. The molecule has 1 aliphatic rings. The summed E-state index contributed by atoms with van der Waals surface area (Å²) < 4.78 is 5.73. The van der Waals surface area contributed by atoms with Crippen LogP contribution in [0.5, 0.6) is 0 Å². The molecule has 1 aliphatic heterocycles. The first-order valence-corrected chi connectivity index (χ1v) is 8.13. The summed E-state index contributed by atoms with van der Waals surface area (Å²) in [6.45, 7) is 3.31. The lowest BCUT2D eigenvalue weighted by Gasteiger charge is -2.25. The number of nitrogens with zero attached hydrogens (tertiary/aromatic N) is 4. The van der Waals surface area contributed by atoms with Crippen LogP contribution in [0.3, 0.4) is 0 Å². The second-order valence-corrected chi connectivity index (χ2v) is 6.20. The van der Waals surface area contributed by atoms with Crippen LogP contribution in [-0.2, 0) is 4.74 Å². The van der Waals surface area contributed by atoms with Crippen LogP contribution in [0.15, 0.2) is 17.6 Å². The molecule has 8 heteroatoms. The van der Waals surface area contributed by atoms with Crippen LogP contribution in [0.4, 0.5) is 5.69 Å². The highest BCUT2D eigenvalue weighted by Gasteiger charge is 2.26. The van der Waals surface area contributed by atoms with E-state index in [-0.39, 0.29) is 12.8 Å². The molecule has 3 heterocycles. The zero-order valence-corrected chi connectivity index (χ0v) is 13.1. The number of thiazole rings is 1. The van der Waals surface area contributed by atoms with E-state index in [2.05, 4.69) is 26.5 Å². The number of hydrogen-bond donors (Lipinski definition) is 1. The monoisotopic (exact) mass is 313 g/mol. The average Bonchev–Trinajstić information content (AvgIpc) is 3.07. The lowest BCUT2D eigenvalue weighted by Crippen LogP contribution is -2.34. The van der Waals surface area contributed by atoms with Crippen LogP contribution in [0.1, 0.15) is 5.69 Å². The molecule has 0 radical (unpaired) electrons. The molecule has 1 unspecified atom stereocenters. The second-order valence-electron chi connectivity index (χ2n) is 5.31. The zero-order chi connectivity index (χ0) is 15.4. The molecule has 1 atom stereocenters. The van der Waals surface area contributed by atoms with E-state index >= 15 is 0 Å². The van der Waals surface area contributed by atoms with E-state index in [1.165, 1.54) is 11.3 Å². The Morgan fingerprint density at radius 2 is 2.45 bits per heavy atom. The Bertz CT molecular complexity index is 672. The number of nitriles is 1. The van der Waals surface area contributed by atoms with Gasteiger partial charge in [-0.2, -0.15) is 5.10 Å². The lowest BCUT2D eigenvalue weighted by molar-refractivity contribution is 0.0757. The normalized spacial score (nSPS) is 18.0. The van der Waals surface area contributed by atoms with Gasteiger partial charge in [0.05, 0.1) is 17.5 Å². The van der Waals surface area contributed by atoms with Crippen molar-refractivity contribution in [3.8, 4) is 16.7 Å². The topological polar surface area (TPSA) is 83.7 Å². The van der Waals surface area contributed by atoms with Crippen LogP contribution < -0.4 is 5.32 Å². The fourth-order valence-electron chi connectivity index (χ4n) is 2.49. The molecule has 6 nitrogen and oxygen atoms in total. The third kappa shape index (κ3) is 3.43. The maximum atomic E-state index is 9.05. The summed E-state index contributed by atoms with van der Waals surface area (Å²) in [5.41, 5.74) is 2.51. The molecule has 0 spiro atoms. The molecular weight excluding hydrogens is 297 g/mol. The summed E-state index contributed by atoms with van der Waals surface area (Å²) in [7, 11) is 0. The van der Waals surface area contributed by atoms with Crippen molar-refractivity contribution in [2.45, 2.75) is 25.7 Å². The van der Waals surface area contributed by atoms with Gasteiger partial charge < -0.3 is 10.1 Å². The molecular formula is C14H16BN5OS. The fourth-order valence-corrected chi connectivity index (χ4v) is 3.12. The highest BCUT2D eigenvalue weighted by atomic mass is 32.1. The highest BCUT2D eigenvalue weighted by molar-refractivity contribution is 7.13. The minimum absolute atomic E-state index is 0.0519. The summed E-state index contributed by atoms with van der Waals surface area (Å²) >= 11 is 1.53. The van der Waals surface area contributed by atoms with Gasteiger partial charge >= 0.3 is 0 Å². The van der Waals surface area contributed by atoms with E-state index in [4.69, 9.17) is 10.00 Å². The molecule has 0 aromatic carbocycles. The zero-order valence-electron chi connectivity index (χ0n) is 12.3. The van der Waals surface area contributed by atoms with E-state index in [1.54, 1.807) is 6.20 Å². The van der Waals surface area contributed by atoms with Crippen LogP contribution in [-0.4, -0.2) is 41.1 Å². The quantitative estimate of drug-likeness (QED) is 0.872. The Balaban J connectivity index is 1.72. The van der Waals surface area contributed by atoms with Gasteiger partial charge in [-0.15, -0.1) is 16.4 Å². The van der Waals surface area contributed by atoms with Crippen molar-refractivity contribution < 1.29 is 4.74 Å². The molecule has 1 saturated heterocycles. The molecule has 2 aromatic rings. The Morgan fingerprint density at radius 3 is 3.23 bits per heavy atom. The third-order valence-electron chi connectivity index (χ3n) is 3.62. The summed E-state index contributed by atoms with van der Waals surface area (Å²) in [6, 6.07) is 1.97. The van der Waals surface area contributed by atoms with E-state index in [0.717, 1.165) is 34.7 Å². The van der Waals surface area contributed by atoms with Gasteiger partial charge in [-0.3, -0.25) is 0 Å². The van der Waals surface area contributed by atoms with Gasteiger partial charge in [-0.25, -0.2) is 10.2 Å². The summed E-state index contributed by atoms with van der Waals surface area (Å²) in [4.78, 5) is 4.30. The lowest BCUT2D eigenvalue weighted by atomic mass is 9.45. The van der Waals surface area contributed by atoms with Gasteiger partial charge in [0.25, 0.3) is 6.71 Å². The molecule has 0 bridgehead atoms. The molecule has 22 heavy (non-hydrogen) atoms. The maximum Gasteiger partial charge on any atom is 0.272 e. The van der Waals surface area contributed by atoms with Crippen molar-refractivity contribution in [1.29, 1.82) is 5.26 Å². The van der Waals surface area contributed by atoms with Crippen LogP contribution in [0.25, 0.3) is 10.7 Å². The Labute approximate surface area is 133 Å². The molecule has 1 fully saturated rings. The summed E-state index contributed by atoms with van der Waals surface area (Å²) in [5, 5.41) is 23.6. The van der Waals surface area contributed by atoms with Crippen LogP contribution >= 0.6 is 11.3 Å². The van der Waals surface area contributed by atoms with E-state index < -0.39 is 0 Å². The van der Waals surface area contributed by atoms with Gasteiger partial charge in [0.1, 0.15) is 10.7 Å². The average molecular weight is 313 g/mol. The maximum absolute atomic E-state index is 9.05. The molecule has 3 rings (SSSR count). The predicted octanol–water partition coefficient (Wildman–Crippen LogP) is 2.28. The first-order valence-electron chi connectivity index (χ1n) is 7.25. The number of anilines is 1. The first-order chi connectivity index (χ1) is 10.8. The van der Waals surface area contributed by atoms with Crippen molar-refractivity contribution in [3.63, 3.8) is 0 Å². The predicted molar refractivity (Wildman–Crippen MR) is 87.1 cm³/mol. The van der Waals surface area contributed by atoms with Crippen LogP contribution in [0.2, 0.25) is 12.6 Å². The Morgan fingerprint density at radius 1 is 1.55 bits per heavy atom. The van der Waals surface area contributed by atoms with Gasteiger partial charge in [0.15, 0.2) is 0 Å². The smallest absolute Gasteiger partial charge is 0.272 e. The largest absolute Gasteiger partial charge is 0.381 e. The Kier molecular flexibility index (Phi) is 4.66. The Hall–Kier alpha value is -1.98. The fraction of sp³-hybridized carbons (Fsp3) is 0.429. The SMILES string of the molecule is Cc1cc(NCC2CB(C#N)CCO2)c(-c2nccs2)nn1. The van der Waals surface area contributed by atoms with Gasteiger partial charge in [0.2, 0.25) is 0 Å². The van der Waals surface area contributed by atoms with Gasteiger partial charge in [0, 0.05) is 30.7 Å². The van der Waals surface area contributed by atoms with Crippen molar-refractivity contribution in [1.82, 2.24) is 15.2 Å². The minimum atomic E-state index is 0.0519. The molecule has 2 aromatic heterocycles. The first kappa shape index (κ1) is 14.9. The van der Waals surface area contributed by atoms with E-state index in [9.17, 15) is 0 Å².